The molecular formula is C14H22N2O6. The minimum absolute atomic E-state index is 0.121. The molecule has 0 heterocycles. The van der Waals surface area contributed by atoms with E-state index in [-0.39, 0.29) is 37.5 Å². The zero-order valence-corrected chi connectivity index (χ0v) is 12.8. The lowest BCUT2D eigenvalue weighted by molar-refractivity contribution is -0.143. The number of aliphatic hydroxyl groups excluding tert-OH is 1. The topological polar surface area (TPSA) is 114 Å². The number of carbonyl (C=O) groups excluding carboxylic acids is 2. The van der Waals surface area contributed by atoms with Gasteiger partial charge in [-0.25, -0.2) is 9.59 Å². The van der Waals surface area contributed by atoms with Gasteiger partial charge in [0.1, 0.15) is 13.2 Å². The largest absolute Gasteiger partial charge is 0.461 e. The molecule has 0 saturated heterocycles. The van der Waals surface area contributed by atoms with Gasteiger partial charge in [-0.2, -0.15) is 4.91 Å². The molecule has 0 bridgehead atoms. The van der Waals surface area contributed by atoms with Gasteiger partial charge in [0.25, 0.3) is 0 Å². The summed E-state index contributed by atoms with van der Waals surface area (Å²) in [4.78, 5) is 33.0. The van der Waals surface area contributed by atoms with Crippen LogP contribution in [0.3, 0.4) is 0 Å². The molecule has 0 aromatic carbocycles. The molecule has 0 aliphatic carbocycles. The maximum atomic E-state index is 11.4. The third-order valence-corrected chi connectivity index (χ3v) is 2.51. The summed E-state index contributed by atoms with van der Waals surface area (Å²) in [6, 6.07) is -1.24. The van der Waals surface area contributed by atoms with Gasteiger partial charge < -0.3 is 19.9 Å². The molecule has 8 nitrogen and oxygen atoms in total. The van der Waals surface area contributed by atoms with E-state index in [9.17, 15) is 14.5 Å². The van der Waals surface area contributed by atoms with Gasteiger partial charge in [-0.3, -0.25) is 0 Å². The van der Waals surface area contributed by atoms with Gasteiger partial charge in [0.15, 0.2) is 0 Å². The summed E-state index contributed by atoms with van der Waals surface area (Å²) < 4.78 is 9.95. The lowest BCUT2D eigenvalue weighted by Gasteiger charge is -2.22. The highest BCUT2D eigenvalue weighted by atomic mass is 16.5. The lowest BCUT2D eigenvalue weighted by atomic mass is 10.2. The second-order valence-electron chi connectivity index (χ2n) is 4.81. The predicted molar refractivity (Wildman–Crippen MR) is 80.0 cm³/mol. The second-order valence-corrected chi connectivity index (χ2v) is 4.81. The fourth-order valence-corrected chi connectivity index (χ4v) is 1.33. The Morgan fingerprint density at radius 3 is 1.86 bits per heavy atom. The average molecular weight is 314 g/mol. The molecule has 124 valence electrons. The summed E-state index contributed by atoms with van der Waals surface area (Å²) in [7, 11) is 0. The Bertz CT molecular complexity index is 405. The van der Waals surface area contributed by atoms with Crippen molar-refractivity contribution in [1.82, 2.24) is 5.32 Å². The van der Waals surface area contributed by atoms with Crippen LogP contribution in [0.15, 0.2) is 29.5 Å². The van der Waals surface area contributed by atoms with E-state index in [2.05, 4.69) is 23.7 Å². The highest BCUT2D eigenvalue weighted by Crippen LogP contribution is 2.00. The molecule has 0 amide bonds. The smallest absolute Gasteiger partial charge is 0.333 e. The monoisotopic (exact) mass is 314 g/mol. The van der Waals surface area contributed by atoms with Crippen molar-refractivity contribution in [2.24, 2.45) is 5.18 Å². The van der Waals surface area contributed by atoms with E-state index in [0.29, 0.717) is 0 Å². The van der Waals surface area contributed by atoms with Crippen molar-refractivity contribution in [2.45, 2.75) is 25.9 Å². The molecule has 1 unspecified atom stereocenters. The molecule has 0 saturated carbocycles. The van der Waals surface area contributed by atoms with E-state index in [4.69, 9.17) is 14.6 Å². The highest BCUT2D eigenvalue weighted by Gasteiger charge is 2.19. The number of carbonyl (C=O) groups is 2. The van der Waals surface area contributed by atoms with Crippen molar-refractivity contribution in [3.8, 4) is 0 Å². The standard InChI is InChI=1S/C14H22N2O6/c1-9(2)13(18)21-7-12(8-22-14(19)10(3)4)16-11(6-17)5-15-20/h11-12,16-17H,1,3,5-8H2,2,4H3. The average Bonchev–Trinajstić information content (AvgIpc) is 2.47. The van der Waals surface area contributed by atoms with Crippen LogP contribution < -0.4 is 5.32 Å². The van der Waals surface area contributed by atoms with Crippen LogP contribution in [0.2, 0.25) is 0 Å². The van der Waals surface area contributed by atoms with Gasteiger partial charge in [0.2, 0.25) is 0 Å². The van der Waals surface area contributed by atoms with Crippen molar-refractivity contribution in [3.05, 3.63) is 29.2 Å². The Labute approximate surface area is 129 Å². The molecule has 0 fully saturated rings. The summed E-state index contributed by atoms with van der Waals surface area (Å²) >= 11 is 0. The third-order valence-electron chi connectivity index (χ3n) is 2.51. The molecule has 0 spiro atoms. The zero-order valence-electron chi connectivity index (χ0n) is 12.8. The van der Waals surface area contributed by atoms with Gasteiger partial charge in [0.05, 0.1) is 25.2 Å². The van der Waals surface area contributed by atoms with E-state index in [0.717, 1.165) is 0 Å². The first-order valence-electron chi connectivity index (χ1n) is 6.63. The number of ether oxygens (including phenoxy) is 2. The highest BCUT2D eigenvalue weighted by molar-refractivity contribution is 5.87. The SMILES string of the molecule is C=C(C)C(=O)OCC(COC(=O)C(=C)C)NC(CO)CN=O. The lowest BCUT2D eigenvalue weighted by Crippen LogP contribution is -2.47. The first kappa shape index (κ1) is 19.9. The van der Waals surface area contributed by atoms with Crippen LogP contribution >= 0.6 is 0 Å². The number of nitrogens with zero attached hydrogens (tertiary/aromatic N) is 1. The molecule has 0 aliphatic rings. The Kier molecular flexibility index (Phi) is 9.64. The Hall–Kier alpha value is -2.06. The number of nitrogens with one attached hydrogen (secondary N) is 1. The number of rotatable bonds is 11. The fourth-order valence-electron chi connectivity index (χ4n) is 1.33. The van der Waals surface area contributed by atoms with Crippen molar-refractivity contribution in [2.75, 3.05) is 26.4 Å². The molecular weight excluding hydrogens is 292 g/mol. The molecule has 0 radical (unpaired) electrons. The van der Waals surface area contributed by atoms with E-state index < -0.39 is 24.0 Å². The maximum absolute atomic E-state index is 11.4. The van der Waals surface area contributed by atoms with Crippen molar-refractivity contribution in [1.29, 1.82) is 0 Å². The van der Waals surface area contributed by atoms with Crippen LogP contribution in [-0.4, -0.2) is 55.5 Å². The second kappa shape index (κ2) is 10.6. The van der Waals surface area contributed by atoms with E-state index in [1.165, 1.54) is 13.8 Å². The Morgan fingerprint density at radius 1 is 1.09 bits per heavy atom. The van der Waals surface area contributed by atoms with Gasteiger partial charge >= 0.3 is 11.9 Å². The minimum Gasteiger partial charge on any atom is -0.461 e. The molecule has 0 aromatic heterocycles. The number of esters is 2. The third kappa shape index (κ3) is 8.28. The first-order chi connectivity index (χ1) is 10.3. The summed E-state index contributed by atoms with van der Waals surface area (Å²) in [5, 5.41) is 14.7. The van der Waals surface area contributed by atoms with Crippen LogP contribution in [-0.2, 0) is 19.1 Å². The van der Waals surface area contributed by atoms with Crippen LogP contribution in [0.4, 0.5) is 0 Å². The minimum atomic E-state index is -0.630. The van der Waals surface area contributed by atoms with Crippen LogP contribution in [0.25, 0.3) is 0 Å². The molecule has 0 aromatic rings. The number of aliphatic hydroxyl groups is 1. The molecule has 2 N–H and O–H groups in total. The van der Waals surface area contributed by atoms with Crippen LogP contribution in [0, 0.1) is 4.91 Å². The van der Waals surface area contributed by atoms with Crippen molar-refractivity contribution in [3.63, 3.8) is 0 Å². The molecule has 0 aliphatic heterocycles. The predicted octanol–water partition coefficient (Wildman–Crippen LogP) is 0.310. The normalized spacial score (nSPS) is 11.6. The summed E-state index contributed by atoms with van der Waals surface area (Å²) in [5.41, 5.74) is 0.455. The van der Waals surface area contributed by atoms with Crippen molar-refractivity contribution >= 4 is 11.9 Å². The Morgan fingerprint density at radius 2 is 1.55 bits per heavy atom. The van der Waals surface area contributed by atoms with Crippen LogP contribution in [0.1, 0.15) is 13.8 Å². The maximum Gasteiger partial charge on any atom is 0.333 e. The quantitative estimate of drug-likeness (QED) is 0.320. The molecule has 0 rings (SSSR count). The van der Waals surface area contributed by atoms with Crippen LogP contribution in [0.5, 0.6) is 0 Å². The van der Waals surface area contributed by atoms with Gasteiger partial charge in [0, 0.05) is 11.1 Å². The zero-order chi connectivity index (χ0) is 17.1. The van der Waals surface area contributed by atoms with E-state index in [1.54, 1.807) is 0 Å². The van der Waals surface area contributed by atoms with Gasteiger partial charge in [-0.1, -0.05) is 18.3 Å². The van der Waals surface area contributed by atoms with E-state index in [1.807, 2.05) is 0 Å². The molecule has 1 atom stereocenters. The fraction of sp³-hybridized carbons (Fsp3) is 0.571. The molecule has 22 heavy (non-hydrogen) atoms. The number of hydrogen-bond donors (Lipinski definition) is 2. The Balaban J connectivity index is 4.63. The number of nitroso groups, excluding NO2 is 1. The van der Waals surface area contributed by atoms with Gasteiger partial charge in [-0.05, 0) is 13.8 Å². The summed E-state index contributed by atoms with van der Waals surface area (Å²) in [5.74, 6) is -1.18. The van der Waals surface area contributed by atoms with Crippen molar-refractivity contribution < 1.29 is 24.2 Å². The van der Waals surface area contributed by atoms with E-state index >= 15 is 0 Å². The first-order valence-corrected chi connectivity index (χ1v) is 6.63. The molecule has 8 heteroatoms. The summed E-state index contributed by atoms with van der Waals surface area (Å²) in [6.45, 7) is 9.14. The summed E-state index contributed by atoms with van der Waals surface area (Å²) in [6.07, 6.45) is 0. The van der Waals surface area contributed by atoms with Gasteiger partial charge in [-0.15, -0.1) is 0 Å². The number of hydrogen-bond acceptors (Lipinski definition) is 8.